The van der Waals surface area contributed by atoms with Gasteiger partial charge in [-0.15, -0.1) is 0 Å². The maximum Gasteiger partial charge on any atom is 0.111 e. The van der Waals surface area contributed by atoms with Crippen LogP contribution in [0.4, 0.5) is 0 Å². The molecule has 0 aliphatic carbocycles. The van der Waals surface area contributed by atoms with E-state index in [0.717, 1.165) is 0 Å². The van der Waals surface area contributed by atoms with Crippen molar-refractivity contribution in [3.63, 3.8) is 0 Å². The van der Waals surface area contributed by atoms with Gasteiger partial charge in [0.15, 0.2) is 0 Å². The fraction of sp³-hybridized carbons (Fsp3) is 0.625. The van der Waals surface area contributed by atoms with Crippen molar-refractivity contribution in [1.29, 1.82) is 0 Å². The van der Waals surface area contributed by atoms with E-state index in [1.54, 1.807) is 11.8 Å². The van der Waals surface area contributed by atoms with Crippen LogP contribution < -0.4 is 0 Å². The summed E-state index contributed by atoms with van der Waals surface area (Å²) in [6.07, 6.45) is -0.0332. The minimum absolute atomic E-state index is 0.0332. The molecule has 19 heavy (non-hydrogen) atoms. The van der Waals surface area contributed by atoms with Gasteiger partial charge in [-0.2, -0.15) is 0 Å². The largest absolute Gasteiger partial charge is 0.394 e. The van der Waals surface area contributed by atoms with E-state index in [2.05, 4.69) is 52.0 Å². The van der Waals surface area contributed by atoms with E-state index in [1.165, 1.54) is 10.5 Å². The quantitative estimate of drug-likeness (QED) is 0.915. The molecular formula is C16H24O2S. The maximum atomic E-state index is 9.45. The Hall–Kier alpha value is -0.510. The van der Waals surface area contributed by atoms with Gasteiger partial charge in [-0.3, -0.25) is 0 Å². The summed E-state index contributed by atoms with van der Waals surface area (Å²) in [6, 6.07) is 8.55. The third-order valence-corrected chi connectivity index (χ3v) is 5.75. The molecular weight excluding hydrogens is 256 g/mol. The van der Waals surface area contributed by atoms with Crippen molar-refractivity contribution in [3.8, 4) is 0 Å². The van der Waals surface area contributed by atoms with E-state index in [9.17, 15) is 5.11 Å². The average molecular weight is 280 g/mol. The first-order chi connectivity index (χ1) is 9.02. The number of aryl methyl sites for hydroxylation is 1. The molecule has 3 heteroatoms. The molecule has 1 aromatic carbocycles. The van der Waals surface area contributed by atoms with Crippen LogP contribution in [0.1, 0.15) is 26.3 Å². The number of hydrogen-bond acceptors (Lipinski definition) is 3. The first kappa shape index (κ1) is 14.9. The molecule has 5 atom stereocenters. The van der Waals surface area contributed by atoms with Gasteiger partial charge < -0.3 is 9.84 Å². The highest BCUT2D eigenvalue weighted by atomic mass is 32.2. The highest BCUT2D eigenvalue weighted by Crippen LogP contribution is 2.41. The van der Waals surface area contributed by atoms with Gasteiger partial charge >= 0.3 is 0 Å². The number of benzene rings is 1. The minimum Gasteiger partial charge on any atom is -0.394 e. The lowest BCUT2D eigenvalue weighted by atomic mass is 9.80. The van der Waals surface area contributed by atoms with Gasteiger partial charge in [0, 0.05) is 4.90 Å². The summed E-state index contributed by atoms with van der Waals surface area (Å²) in [5.41, 5.74) is 1.41. The number of aliphatic hydroxyl groups excluding tert-OH is 1. The highest BCUT2D eigenvalue weighted by Gasteiger charge is 2.39. The number of rotatable bonds is 3. The topological polar surface area (TPSA) is 29.5 Å². The molecule has 1 aliphatic rings. The van der Waals surface area contributed by atoms with Crippen molar-refractivity contribution in [1.82, 2.24) is 0 Å². The third-order valence-electron chi connectivity index (χ3n) is 4.44. The fourth-order valence-corrected chi connectivity index (χ4v) is 3.80. The molecule has 0 radical (unpaired) electrons. The zero-order valence-electron chi connectivity index (χ0n) is 12.2. The molecule has 1 saturated heterocycles. The van der Waals surface area contributed by atoms with Crippen molar-refractivity contribution in [2.24, 2.45) is 17.8 Å². The number of ether oxygens (including phenoxy) is 1. The molecule has 106 valence electrons. The second kappa shape index (κ2) is 6.29. The summed E-state index contributed by atoms with van der Waals surface area (Å²) in [7, 11) is 0. The van der Waals surface area contributed by atoms with Crippen LogP contribution in [0.2, 0.25) is 0 Å². The molecule has 2 unspecified atom stereocenters. The SMILES string of the molecule is Cc1ccc(S[C@@H]2OC(CO)[C@@H](C)[C@H](C)C2C)cc1. The lowest BCUT2D eigenvalue weighted by Crippen LogP contribution is -2.44. The predicted octanol–water partition coefficient (Wildman–Crippen LogP) is 3.71. The summed E-state index contributed by atoms with van der Waals surface area (Å²) in [6.45, 7) is 8.90. The second-order valence-electron chi connectivity index (χ2n) is 5.73. The van der Waals surface area contributed by atoms with Crippen molar-refractivity contribution in [2.45, 2.75) is 44.1 Å². The molecule has 2 nitrogen and oxygen atoms in total. The maximum absolute atomic E-state index is 9.45. The van der Waals surface area contributed by atoms with Gasteiger partial charge in [-0.1, -0.05) is 50.2 Å². The lowest BCUT2D eigenvalue weighted by molar-refractivity contribution is -0.112. The molecule has 0 spiro atoms. The molecule has 0 saturated carbocycles. The Morgan fingerprint density at radius 3 is 2.26 bits per heavy atom. The predicted molar refractivity (Wildman–Crippen MR) is 80.3 cm³/mol. The molecule has 0 amide bonds. The number of thioether (sulfide) groups is 1. The summed E-state index contributed by atoms with van der Waals surface area (Å²) in [5, 5.41) is 9.45. The molecule has 1 heterocycles. The Morgan fingerprint density at radius 1 is 1.05 bits per heavy atom. The van der Waals surface area contributed by atoms with Crippen LogP contribution in [-0.2, 0) is 4.74 Å². The Labute approximate surface area is 120 Å². The minimum atomic E-state index is -0.0332. The Kier molecular flexibility index (Phi) is 4.93. The zero-order valence-corrected chi connectivity index (χ0v) is 13.0. The molecule has 1 fully saturated rings. The van der Waals surface area contributed by atoms with E-state index >= 15 is 0 Å². The van der Waals surface area contributed by atoms with Gasteiger partial charge in [-0.05, 0) is 36.8 Å². The summed E-state index contributed by atoms with van der Waals surface area (Å²) in [5.74, 6) is 1.47. The summed E-state index contributed by atoms with van der Waals surface area (Å²) in [4.78, 5) is 1.24. The number of hydrogen-bond donors (Lipinski definition) is 1. The first-order valence-electron chi connectivity index (χ1n) is 7.02. The van der Waals surface area contributed by atoms with Crippen LogP contribution in [0.25, 0.3) is 0 Å². The molecule has 1 aliphatic heterocycles. The van der Waals surface area contributed by atoms with Gasteiger partial charge in [0.25, 0.3) is 0 Å². The third kappa shape index (κ3) is 3.33. The zero-order chi connectivity index (χ0) is 14.0. The van der Waals surface area contributed by atoms with Gasteiger partial charge in [-0.25, -0.2) is 0 Å². The molecule has 1 N–H and O–H groups in total. The smallest absolute Gasteiger partial charge is 0.111 e. The normalized spacial score (nSPS) is 35.3. The van der Waals surface area contributed by atoms with Gasteiger partial charge in [0.2, 0.25) is 0 Å². The monoisotopic (exact) mass is 280 g/mol. The van der Waals surface area contributed by atoms with Crippen molar-refractivity contribution in [2.75, 3.05) is 6.61 Å². The van der Waals surface area contributed by atoms with E-state index in [-0.39, 0.29) is 18.1 Å². The van der Waals surface area contributed by atoms with Crippen LogP contribution in [-0.4, -0.2) is 23.3 Å². The first-order valence-corrected chi connectivity index (χ1v) is 7.90. The van der Waals surface area contributed by atoms with Crippen LogP contribution in [0, 0.1) is 24.7 Å². The van der Waals surface area contributed by atoms with Gasteiger partial charge in [0.1, 0.15) is 5.44 Å². The lowest BCUT2D eigenvalue weighted by Gasteiger charge is -2.42. The Balaban J connectivity index is 2.08. The van der Waals surface area contributed by atoms with E-state index in [1.807, 2.05) is 0 Å². The number of aliphatic hydroxyl groups is 1. The highest BCUT2D eigenvalue weighted by molar-refractivity contribution is 7.99. The Bertz CT molecular complexity index is 402. The van der Waals surface area contributed by atoms with Crippen LogP contribution >= 0.6 is 11.8 Å². The van der Waals surface area contributed by atoms with Crippen LogP contribution in [0.5, 0.6) is 0 Å². The van der Waals surface area contributed by atoms with Crippen molar-refractivity contribution >= 4 is 11.8 Å². The fourth-order valence-electron chi connectivity index (χ4n) is 2.58. The van der Waals surface area contributed by atoms with E-state index in [4.69, 9.17) is 4.74 Å². The van der Waals surface area contributed by atoms with Crippen LogP contribution in [0.3, 0.4) is 0 Å². The van der Waals surface area contributed by atoms with Crippen LogP contribution in [0.15, 0.2) is 29.2 Å². The molecule has 1 aromatic rings. The summed E-state index contributed by atoms with van der Waals surface area (Å²) >= 11 is 1.77. The Morgan fingerprint density at radius 2 is 1.68 bits per heavy atom. The van der Waals surface area contributed by atoms with E-state index < -0.39 is 0 Å². The standard InChI is InChI=1S/C16H24O2S/c1-10-5-7-14(8-6-10)19-16-13(4)11(2)12(3)15(9-17)18-16/h5-8,11-13,15-17H,9H2,1-4H3/t11-,12-,13?,15?,16-/m0/s1. The van der Waals surface area contributed by atoms with E-state index in [0.29, 0.717) is 17.8 Å². The second-order valence-corrected chi connectivity index (χ2v) is 6.91. The molecule has 0 bridgehead atoms. The molecule has 2 rings (SSSR count). The molecule has 0 aromatic heterocycles. The average Bonchev–Trinajstić information content (AvgIpc) is 2.42. The summed E-state index contributed by atoms with van der Waals surface area (Å²) < 4.78 is 6.08. The van der Waals surface area contributed by atoms with Crippen molar-refractivity contribution in [3.05, 3.63) is 29.8 Å². The van der Waals surface area contributed by atoms with Crippen molar-refractivity contribution < 1.29 is 9.84 Å². The van der Waals surface area contributed by atoms with Gasteiger partial charge in [0.05, 0.1) is 12.7 Å².